The van der Waals surface area contributed by atoms with Crippen LogP contribution in [0.25, 0.3) is 27.7 Å². The summed E-state index contributed by atoms with van der Waals surface area (Å²) in [6.07, 6.45) is -1.75. The van der Waals surface area contributed by atoms with Crippen molar-refractivity contribution in [3.05, 3.63) is 88.0 Å². The van der Waals surface area contributed by atoms with Crippen LogP contribution in [0.5, 0.6) is 0 Å². The van der Waals surface area contributed by atoms with Crippen LogP contribution in [-0.2, 0) is 19.1 Å². The van der Waals surface area contributed by atoms with Crippen LogP contribution in [0.2, 0.25) is 0 Å². The van der Waals surface area contributed by atoms with Crippen molar-refractivity contribution in [1.29, 1.82) is 0 Å². The SMILES string of the molecule is CCN1Cc2c([nH]c3cc(-n4ccc(-c5ccc(C(F)(F)F)cc5)cc4=O)ccc23)CC1C. The number of halogens is 3. The normalized spacial score (nSPS) is 16.8. The second-order valence-electron chi connectivity index (χ2n) is 8.63. The molecule has 1 unspecified atom stereocenters. The van der Waals surface area contributed by atoms with E-state index in [1.54, 1.807) is 16.8 Å². The number of H-pyrrole nitrogens is 1. The van der Waals surface area contributed by atoms with Crippen LogP contribution in [0.1, 0.15) is 30.7 Å². The first-order chi connectivity index (χ1) is 15.7. The number of hydrogen-bond acceptors (Lipinski definition) is 2. The van der Waals surface area contributed by atoms with E-state index in [0.29, 0.717) is 17.2 Å². The maximum Gasteiger partial charge on any atom is 0.416 e. The van der Waals surface area contributed by atoms with Gasteiger partial charge in [-0.1, -0.05) is 25.1 Å². The van der Waals surface area contributed by atoms with Gasteiger partial charge in [0.15, 0.2) is 0 Å². The molecule has 0 spiro atoms. The maximum atomic E-state index is 12.9. The van der Waals surface area contributed by atoms with Gasteiger partial charge in [-0.25, -0.2) is 0 Å². The third kappa shape index (κ3) is 3.86. The van der Waals surface area contributed by atoms with Gasteiger partial charge in [-0.05, 0) is 60.5 Å². The minimum Gasteiger partial charge on any atom is -0.358 e. The molecule has 0 bridgehead atoms. The lowest BCUT2D eigenvalue weighted by atomic mass is 9.99. The van der Waals surface area contributed by atoms with Gasteiger partial charge in [0.2, 0.25) is 0 Å². The second kappa shape index (κ2) is 7.92. The zero-order valence-corrected chi connectivity index (χ0v) is 18.4. The zero-order valence-electron chi connectivity index (χ0n) is 18.4. The standard InChI is InChI=1S/C26H24F3N3O/c1-3-31-15-22-21-9-8-20(14-24(21)30-23(22)12-16(31)2)32-11-10-18(13-25(32)33)17-4-6-19(7-5-17)26(27,28)29/h4-11,13-14,16,30H,3,12,15H2,1-2H3. The van der Waals surface area contributed by atoms with Gasteiger partial charge in [0, 0.05) is 47.9 Å². The van der Waals surface area contributed by atoms with Gasteiger partial charge >= 0.3 is 6.18 Å². The van der Waals surface area contributed by atoms with Crippen LogP contribution in [-0.4, -0.2) is 27.0 Å². The fourth-order valence-corrected chi connectivity index (χ4v) is 4.73. The van der Waals surface area contributed by atoms with Crippen LogP contribution in [0, 0.1) is 0 Å². The number of aromatic amines is 1. The van der Waals surface area contributed by atoms with Gasteiger partial charge < -0.3 is 4.98 Å². The predicted octanol–water partition coefficient (Wildman–Crippen LogP) is 5.77. The third-order valence-electron chi connectivity index (χ3n) is 6.61. The van der Waals surface area contributed by atoms with E-state index in [4.69, 9.17) is 0 Å². The van der Waals surface area contributed by atoms with Crippen molar-refractivity contribution in [2.75, 3.05) is 6.54 Å². The number of alkyl halides is 3. The molecular formula is C26H24F3N3O. The molecule has 0 amide bonds. The number of fused-ring (bicyclic) bond motifs is 3. The second-order valence-corrected chi connectivity index (χ2v) is 8.63. The zero-order chi connectivity index (χ0) is 23.3. The highest BCUT2D eigenvalue weighted by molar-refractivity contribution is 5.86. The molecule has 0 aliphatic carbocycles. The minimum absolute atomic E-state index is 0.242. The number of nitrogens with zero attached hydrogens (tertiary/aromatic N) is 2. The molecule has 33 heavy (non-hydrogen) atoms. The summed E-state index contributed by atoms with van der Waals surface area (Å²) in [6.45, 7) is 6.33. The molecule has 0 fully saturated rings. The van der Waals surface area contributed by atoms with Crippen LogP contribution in [0.15, 0.2) is 65.6 Å². The van der Waals surface area contributed by atoms with Crippen LogP contribution in [0.3, 0.4) is 0 Å². The molecule has 0 radical (unpaired) electrons. The van der Waals surface area contributed by atoms with E-state index in [9.17, 15) is 18.0 Å². The Morgan fingerprint density at radius 2 is 1.79 bits per heavy atom. The Labute approximate surface area is 189 Å². The average Bonchev–Trinajstić information content (AvgIpc) is 3.14. The van der Waals surface area contributed by atoms with Crippen molar-refractivity contribution < 1.29 is 13.2 Å². The maximum absolute atomic E-state index is 12.9. The van der Waals surface area contributed by atoms with E-state index in [1.807, 2.05) is 12.1 Å². The number of nitrogens with one attached hydrogen (secondary N) is 1. The van der Waals surface area contributed by atoms with Crippen LogP contribution >= 0.6 is 0 Å². The molecular weight excluding hydrogens is 427 g/mol. The van der Waals surface area contributed by atoms with Gasteiger partial charge in [0.1, 0.15) is 0 Å². The topological polar surface area (TPSA) is 41.0 Å². The van der Waals surface area contributed by atoms with Gasteiger partial charge in [-0.3, -0.25) is 14.3 Å². The summed E-state index contributed by atoms with van der Waals surface area (Å²) in [6, 6.07) is 14.5. The van der Waals surface area contributed by atoms with Crippen molar-refractivity contribution >= 4 is 10.9 Å². The number of likely N-dealkylation sites (N-methyl/N-ethyl adjacent to an activating group) is 1. The molecule has 1 aliphatic rings. The molecule has 0 saturated heterocycles. The molecule has 1 N–H and O–H groups in total. The largest absolute Gasteiger partial charge is 0.416 e. The van der Waals surface area contributed by atoms with E-state index in [2.05, 4.69) is 29.8 Å². The molecule has 5 rings (SSSR count). The summed E-state index contributed by atoms with van der Waals surface area (Å²) in [7, 11) is 0. The molecule has 4 nitrogen and oxygen atoms in total. The number of pyridine rings is 1. The van der Waals surface area contributed by atoms with Gasteiger partial charge in [-0.15, -0.1) is 0 Å². The van der Waals surface area contributed by atoms with Crippen molar-refractivity contribution in [2.45, 2.75) is 39.0 Å². The molecule has 2 aromatic heterocycles. The first-order valence-corrected chi connectivity index (χ1v) is 11.0. The van der Waals surface area contributed by atoms with Gasteiger partial charge in [0.05, 0.1) is 11.3 Å². The number of benzene rings is 2. The number of aromatic nitrogens is 2. The van der Waals surface area contributed by atoms with E-state index in [0.717, 1.165) is 42.8 Å². The van der Waals surface area contributed by atoms with Crippen molar-refractivity contribution in [2.24, 2.45) is 0 Å². The fourth-order valence-electron chi connectivity index (χ4n) is 4.73. The fraction of sp³-hybridized carbons (Fsp3) is 0.269. The number of rotatable bonds is 3. The van der Waals surface area contributed by atoms with Crippen LogP contribution in [0.4, 0.5) is 13.2 Å². The summed E-state index contributed by atoms with van der Waals surface area (Å²) in [4.78, 5) is 18.9. The molecule has 3 heterocycles. The Hall–Kier alpha value is -3.32. The Bertz CT molecular complexity index is 1380. The first kappa shape index (κ1) is 21.5. The molecule has 170 valence electrons. The Morgan fingerprint density at radius 3 is 2.45 bits per heavy atom. The highest BCUT2D eigenvalue weighted by Gasteiger charge is 2.30. The van der Waals surface area contributed by atoms with Crippen molar-refractivity contribution in [3.63, 3.8) is 0 Å². The minimum atomic E-state index is -4.38. The highest BCUT2D eigenvalue weighted by atomic mass is 19.4. The van der Waals surface area contributed by atoms with Crippen molar-refractivity contribution in [1.82, 2.24) is 14.5 Å². The van der Waals surface area contributed by atoms with Crippen LogP contribution < -0.4 is 5.56 Å². The summed E-state index contributed by atoms with van der Waals surface area (Å²) in [5.74, 6) is 0. The Morgan fingerprint density at radius 1 is 1.03 bits per heavy atom. The smallest absolute Gasteiger partial charge is 0.358 e. The molecule has 1 aliphatic heterocycles. The van der Waals surface area contributed by atoms with E-state index < -0.39 is 11.7 Å². The lowest BCUT2D eigenvalue weighted by Crippen LogP contribution is -2.37. The average molecular weight is 451 g/mol. The van der Waals surface area contributed by atoms with E-state index in [1.165, 1.54) is 34.8 Å². The summed E-state index contributed by atoms with van der Waals surface area (Å²) >= 11 is 0. The quantitative estimate of drug-likeness (QED) is 0.430. The molecule has 4 aromatic rings. The number of hydrogen-bond donors (Lipinski definition) is 1. The Kier molecular flexibility index (Phi) is 5.16. The molecule has 7 heteroatoms. The molecule has 1 atom stereocenters. The van der Waals surface area contributed by atoms with Gasteiger partial charge in [-0.2, -0.15) is 13.2 Å². The summed E-state index contributed by atoms with van der Waals surface area (Å²) in [5.41, 5.74) is 4.51. The first-order valence-electron chi connectivity index (χ1n) is 11.0. The monoisotopic (exact) mass is 451 g/mol. The lowest BCUT2D eigenvalue weighted by Gasteiger charge is -2.32. The summed E-state index contributed by atoms with van der Waals surface area (Å²) < 4.78 is 40.0. The molecule has 2 aromatic carbocycles. The summed E-state index contributed by atoms with van der Waals surface area (Å²) in [5, 5.41) is 1.17. The van der Waals surface area contributed by atoms with E-state index in [-0.39, 0.29) is 5.56 Å². The lowest BCUT2D eigenvalue weighted by molar-refractivity contribution is -0.137. The third-order valence-corrected chi connectivity index (χ3v) is 6.61. The molecule has 0 saturated carbocycles. The highest BCUT2D eigenvalue weighted by Crippen LogP contribution is 2.32. The van der Waals surface area contributed by atoms with Gasteiger partial charge in [0.25, 0.3) is 5.56 Å². The predicted molar refractivity (Wildman–Crippen MR) is 124 cm³/mol. The Balaban J connectivity index is 1.47. The van der Waals surface area contributed by atoms with E-state index >= 15 is 0 Å². The van der Waals surface area contributed by atoms with Crippen molar-refractivity contribution in [3.8, 4) is 16.8 Å².